The number of aliphatic hydroxyl groups excluding tert-OH is 1. The number of benzene rings is 1. The zero-order valence-electron chi connectivity index (χ0n) is 10.5. The maximum absolute atomic E-state index is 11.7. The molecule has 0 fully saturated rings. The van der Waals surface area contributed by atoms with Gasteiger partial charge >= 0.3 is 0 Å². The van der Waals surface area contributed by atoms with Crippen LogP contribution in [0.15, 0.2) is 33.6 Å². The molecule has 0 bridgehead atoms. The van der Waals surface area contributed by atoms with E-state index in [2.05, 4.69) is 21.2 Å². The molecular weight excluding hydrogens is 314 g/mol. The molecule has 0 heterocycles. The fourth-order valence-corrected chi connectivity index (χ4v) is 2.54. The molecule has 0 aliphatic rings. The first kappa shape index (κ1) is 15.5. The average Bonchev–Trinajstić information content (AvgIpc) is 2.27. The van der Waals surface area contributed by atoms with Crippen LogP contribution in [0.2, 0.25) is 0 Å². The first-order valence-electron chi connectivity index (χ1n) is 5.83. The summed E-state index contributed by atoms with van der Waals surface area (Å²) in [5, 5.41) is 12.1. The Hall–Kier alpha value is -0.520. The predicted molar refractivity (Wildman–Crippen MR) is 78.8 cm³/mol. The van der Waals surface area contributed by atoms with Crippen molar-refractivity contribution in [2.24, 2.45) is 0 Å². The zero-order chi connectivity index (χ0) is 13.5. The molecule has 2 N–H and O–H groups in total. The third-order valence-electron chi connectivity index (χ3n) is 2.29. The van der Waals surface area contributed by atoms with Gasteiger partial charge in [0.15, 0.2) is 0 Å². The number of hydrogen-bond donors (Lipinski definition) is 2. The number of aliphatic hydroxyl groups is 1. The molecule has 2 atom stereocenters. The van der Waals surface area contributed by atoms with Crippen LogP contribution in [-0.2, 0) is 4.79 Å². The summed E-state index contributed by atoms with van der Waals surface area (Å²) in [4.78, 5) is 12.7. The van der Waals surface area contributed by atoms with Crippen molar-refractivity contribution in [2.75, 3.05) is 5.75 Å². The van der Waals surface area contributed by atoms with Crippen LogP contribution in [0.3, 0.4) is 0 Å². The van der Waals surface area contributed by atoms with Gasteiger partial charge in [-0.05, 0) is 44.5 Å². The molecule has 0 aromatic heterocycles. The van der Waals surface area contributed by atoms with E-state index >= 15 is 0 Å². The summed E-state index contributed by atoms with van der Waals surface area (Å²) in [6, 6.07) is 7.86. The summed E-state index contributed by atoms with van der Waals surface area (Å²) in [5.74, 6) is 0.391. The summed E-state index contributed by atoms with van der Waals surface area (Å²) >= 11 is 4.87. The number of rotatable bonds is 6. The normalized spacial score (nSPS) is 14.0. The predicted octanol–water partition coefficient (Wildman–Crippen LogP) is 2.82. The summed E-state index contributed by atoms with van der Waals surface area (Å²) < 4.78 is 1.03. The largest absolute Gasteiger partial charge is 0.393 e. The first-order valence-corrected chi connectivity index (χ1v) is 7.61. The van der Waals surface area contributed by atoms with Crippen LogP contribution in [-0.4, -0.2) is 28.9 Å². The standard InChI is InChI=1S/C13H18BrNO2S/c1-9(7-10(2)16)15-13(17)8-18-12-5-3-11(14)4-6-12/h3-6,9-10,16H,7-8H2,1-2H3,(H,15,17). The molecule has 1 amide bonds. The third-order valence-corrected chi connectivity index (χ3v) is 3.83. The average molecular weight is 332 g/mol. The van der Waals surface area contributed by atoms with Gasteiger partial charge in [0.1, 0.15) is 0 Å². The van der Waals surface area contributed by atoms with E-state index in [-0.39, 0.29) is 18.1 Å². The second-order valence-electron chi connectivity index (χ2n) is 4.30. The van der Waals surface area contributed by atoms with E-state index in [4.69, 9.17) is 0 Å². The van der Waals surface area contributed by atoms with Gasteiger partial charge in [0.25, 0.3) is 0 Å². The number of nitrogens with one attached hydrogen (secondary N) is 1. The van der Waals surface area contributed by atoms with Crippen LogP contribution in [0.5, 0.6) is 0 Å². The SMILES string of the molecule is CC(O)CC(C)NC(=O)CSc1ccc(Br)cc1. The highest BCUT2D eigenvalue weighted by molar-refractivity contribution is 9.10. The van der Waals surface area contributed by atoms with Gasteiger partial charge in [-0.25, -0.2) is 0 Å². The highest BCUT2D eigenvalue weighted by atomic mass is 79.9. The molecule has 0 spiro atoms. The Morgan fingerprint density at radius 1 is 1.39 bits per heavy atom. The Morgan fingerprint density at radius 2 is 2.00 bits per heavy atom. The molecule has 1 aromatic carbocycles. The van der Waals surface area contributed by atoms with E-state index in [1.54, 1.807) is 6.92 Å². The maximum Gasteiger partial charge on any atom is 0.230 e. The lowest BCUT2D eigenvalue weighted by Crippen LogP contribution is -2.35. The molecular formula is C13H18BrNO2S. The van der Waals surface area contributed by atoms with Crippen molar-refractivity contribution in [3.63, 3.8) is 0 Å². The van der Waals surface area contributed by atoms with Gasteiger partial charge in [0, 0.05) is 15.4 Å². The molecule has 0 saturated carbocycles. The smallest absolute Gasteiger partial charge is 0.230 e. The highest BCUT2D eigenvalue weighted by Crippen LogP contribution is 2.20. The van der Waals surface area contributed by atoms with Crippen molar-refractivity contribution >= 4 is 33.6 Å². The lowest BCUT2D eigenvalue weighted by Gasteiger charge is -2.15. The van der Waals surface area contributed by atoms with Gasteiger partial charge < -0.3 is 10.4 Å². The van der Waals surface area contributed by atoms with Gasteiger partial charge in [-0.3, -0.25) is 4.79 Å². The van der Waals surface area contributed by atoms with Crippen LogP contribution >= 0.6 is 27.7 Å². The van der Waals surface area contributed by atoms with Gasteiger partial charge in [0.2, 0.25) is 5.91 Å². The fourth-order valence-electron chi connectivity index (χ4n) is 1.57. The molecule has 18 heavy (non-hydrogen) atoms. The highest BCUT2D eigenvalue weighted by Gasteiger charge is 2.10. The van der Waals surface area contributed by atoms with E-state index < -0.39 is 0 Å². The lowest BCUT2D eigenvalue weighted by molar-refractivity contribution is -0.119. The monoisotopic (exact) mass is 331 g/mol. The molecule has 1 aromatic rings. The van der Waals surface area contributed by atoms with Gasteiger partial charge in [0.05, 0.1) is 11.9 Å². The van der Waals surface area contributed by atoms with E-state index in [1.807, 2.05) is 31.2 Å². The lowest BCUT2D eigenvalue weighted by atomic mass is 10.1. The van der Waals surface area contributed by atoms with Crippen LogP contribution in [0.25, 0.3) is 0 Å². The Morgan fingerprint density at radius 3 is 2.56 bits per heavy atom. The number of thioether (sulfide) groups is 1. The Balaban J connectivity index is 2.30. The quantitative estimate of drug-likeness (QED) is 0.788. The van der Waals surface area contributed by atoms with Gasteiger partial charge in [-0.1, -0.05) is 15.9 Å². The summed E-state index contributed by atoms with van der Waals surface area (Å²) in [5.41, 5.74) is 0. The summed E-state index contributed by atoms with van der Waals surface area (Å²) in [7, 11) is 0. The van der Waals surface area contributed by atoms with Gasteiger partial charge in [-0.15, -0.1) is 11.8 Å². The Bertz CT molecular complexity index is 381. The van der Waals surface area contributed by atoms with E-state index in [1.165, 1.54) is 11.8 Å². The molecule has 1 rings (SSSR count). The number of halogens is 1. The van der Waals surface area contributed by atoms with Crippen LogP contribution in [0.4, 0.5) is 0 Å². The van der Waals surface area contributed by atoms with Crippen molar-refractivity contribution in [3.8, 4) is 0 Å². The van der Waals surface area contributed by atoms with Crippen LogP contribution in [0.1, 0.15) is 20.3 Å². The zero-order valence-corrected chi connectivity index (χ0v) is 12.9. The molecule has 0 aliphatic carbocycles. The minimum absolute atomic E-state index is 0.00279. The van der Waals surface area contributed by atoms with Crippen molar-refractivity contribution in [3.05, 3.63) is 28.7 Å². The second-order valence-corrected chi connectivity index (χ2v) is 6.26. The second kappa shape index (κ2) is 7.81. The van der Waals surface area contributed by atoms with E-state index in [0.29, 0.717) is 12.2 Å². The number of hydrogen-bond acceptors (Lipinski definition) is 3. The fraction of sp³-hybridized carbons (Fsp3) is 0.462. The minimum atomic E-state index is -0.389. The maximum atomic E-state index is 11.7. The van der Waals surface area contributed by atoms with Gasteiger partial charge in [-0.2, -0.15) is 0 Å². The Labute approximate surface area is 120 Å². The van der Waals surface area contributed by atoms with Crippen molar-refractivity contribution in [1.29, 1.82) is 0 Å². The van der Waals surface area contributed by atoms with Crippen LogP contribution in [0, 0.1) is 0 Å². The molecule has 3 nitrogen and oxygen atoms in total. The Kier molecular flexibility index (Phi) is 6.75. The number of amides is 1. The number of carbonyl (C=O) groups is 1. The van der Waals surface area contributed by atoms with Crippen molar-refractivity contribution in [1.82, 2.24) is 5.32 Å². The van der Waals surface area contributed by atoms with E-state index in [9.17, 15) is 9.90 Å². The van der Waals surface area contributed by atoms with E-state index in [0.717, 1.165) is 9.37 Å². The minimum Gasteiger partial charge on any atom is -0.393 e. The third kappa shape index (κ3) is 6.42. The first-order chi connectivity index (χ1) is 8.47. The van der Waals surface area contributed by atoms with Crippen molar-refractivity contribution in [2.45, 2.75) is 37.3 Å². The topological polar surface area (TPSA) is 49.3 Å². The molecule has 100 valence electrons. The van der Waals surface area contributed by atoms with Crippen LogP contribution < -0.4 is 5.32 Å². The molecule has 0 saturated heterocycles. The molecule has 0 aliphatic heterocycles. The molecule has 0 radical (unpaired) electrons. The number of carbonyl (C=O) groups excluding carboxylic acids is 1. The summed E-state index contributed by atoms with van der Waals surface area (Å²) in [6.45, 7) is 3.62. The van der Waals surface area contributed by atoms with Crippen molar-refractivity contribution < 1.29 is 9.90 Å². The molecule has 2 unspecified atom stereocenters. The summed E-state index contributed by atoms with van der Waals surface area (Å²) in [6.07, 6.45) is 0.189. The molecule has 5 heteroatoms.